The van der Waals surface area contributed by atoms with Gasteiger partial charge in [-0.2, -0.15) is 0 Å². The Balaban J connectivity index is 1.91. The van der Waals surface area contributed by atoms with Gasteiger partial charge in [-0.3, -0.25) is 4.79 Å². The number of rotatable bonds is 3. The highest BCUT2D eigenvalue weighted by Crippen LogP contribution is 2.29. The predicted molar refractivity (Wildman–Crippen MR) is 69.3 cm³/mol. The molecule has 4 N–H and O–H groups in total. The highest BCUT2D eigenvalue weighted by Gasteiger charge is 2.39. The number of esters is 1. The summed E-state index contributed by atoms with van der Waals surface area (Å²) < 4.78 is 5.30. The summed E-state index contributed by atoms with van der Waals surface area (Å²) in [5.74, 6) is -0.654. The van der Waals surface area contributed by atoms with E-state index in [9.17, 15) is 4.79 Å². The molecule has 0 bridgehead atoms. The zero-order chi connectivity index (χ0) is 13.0. The number of hydrogen-bond donors (Lipinski definition) is 2. The maximum Gasteiger partial charge on any atom is 0.312 e. The monoisotopic (exact) mass is 248 g/mol. The molecule has 1 atom stereocenters. The third-order valence-electron chi connectivity index (χ3n) is 3.51. The zero-order valence-corrected chi connectivity index (χ0v) is 10.5. The molecule has 0 saturated heterocycles. The summed E-state index contributed by atoms with van der Waals surface area (Å²) >= 11 is 0. The number of hydrogen-bond acceptors (Lipinski definition) is 4. The van der Waals surface area contributed by atoms with Gasteiger partial charge in [0.1, 0.15) is 6.61 Å². The summed E-state index contributed by atoms with van der Waals surface area (Å²) in [4.78, 5) is 12.0. The fraction of sp³-hybridized carbons (Fsp3) is 0.500. The first kappa shape index (κ1) is 13.1. The van der Waals surface area contributed by atoms with Gasteiger partial charge in [-0.25, -0.2) is 0 Å². The van der Waals surface area contributed by atoms with Gasteiger partial charge in [0.25, 0.3) is 0 Å². The highest BCUT2D eigenvalue weighted by molar-refractivity contribution is 5.74. The first-order valence-corrected chi connectivity index (χ1v) is 6.38. The summed E-state index contributed by atoms with van der Waals surface area (Å²) in [5, 5.41) is 0. The molecular formula is C14H20N2O2. The minimum absolute atomic E-state index is 0.274. The Hall–Kier alpha value is -1.39. The molecule has 0 aromatic heterocycles. The molecule has 2 rings (SSSR count). The van der Waals surface area contributed by atoms with Crippen LogP contribution in [0.2, 0.25) is 0 Å². The van der Waals surface area contributed by atoms with Gasteiger partial charge in [0, 0.05) is 0 Å². The molecule has 1 aromatic rings. The third kappa shape index (κ3) is 3.09. The van der Waals surface area contributed by atoms with Gasteiger partial charge in [-0.05, 0) is 18.4 Å². The van der Waals surface area contributed by atoms with E-state index in [1.54, 1.807) is 0 Å². The maximum absolute atomic E-state index is 12.0. The van der Waals surface area contributed by atoms with E-state index in [1.165, 1.54) is 0 Å². The van der Waals surface area contributed by atoms with Crippen LogP contribution in [0.25, 0.3) is 0 Å². The maximum atomic E-state index is 12.0. The van der Waals surface area contributed by atoms with E-state index in [1.807, 2.05) is 30.3 Å². The quantitative estimate of drug-likeness (QED) is 0.628. The van der Waals surface area contributed by atoms with Crippen LogP contribution in [-0.4, -0.2) is 11.6 Å². The van der Waals surface area contributed by atoms with Gasteiger partial charge < -0.3 is 16.2 Å². The van der Waals surface area contributed by atoms with E-state index in [-0.39, 0.29) is 18.5 Å². The molecule has 1 aromatic carbocycles. The molecular weight excluding hydrogens is 228 g/mol. The Morgan fingerprint density at radius 2 is 2.00 bits per heavy atom. The number of nitrogens with two attached hydrogens (primary N) is 2. The van der Waals surface area contributed by atoms with Crippen LogP contribution in [-0.2, 0) is 16.1 Å². The van der Waals surface area contributed by atoms with Crippen LogP contribution in [0.1, 0.15) is 31.2 Å². The Labute approximate surface area is 107 Å². The molecule has 98 valence electrons. The molecule has 1 fully saturated rings. The molecule has 1 saturated carbocycles. The number of carbonyl (C=O) groups excluding carboxylic acids is 1. The van der Waals surface area contributed by atoms with Crippen molar-refractivity contribution in [2.45, 2.75) is 38.0 Å². The van der Waals surface area contributed by atoms with Gasteiger partial charge in [-0.1, -0.05) is 43.2 Å². The van der Waals surface area contributed by atoms with Gasteiger partial charge in [0.2, 0.25) is 0 Å². The SMILES string of the molecule is NC1(N)CCCCC1C(=O)OCc1ccccc1. The minimum atomic E-state index is -0.911. The highest BCUT2D eigenvalue weighted by atomic mass is 16.5. The summed E-state index contributed by atoms with van der Waals surface area (Å²) in [6, 6.07) is 9.61. The second-order valence-electron chi connectivity index (χ2n) is 5.00. The lowest BCUT2D eigenvalue weighted by Gasteiger charge is -2.36. The standard InChI is InChI=1S/C14H20N2O2/c15-14(16)9-5-4-8-12(14)13(17)18-10-11-6-2-1-3-7-11/h1-3,6-7,12H,4-5,8-10,15-16H2. The van der Waals surface area contributed by atoms with Crippen molar-refractivity contribution in [3.63, 3.8) is 0 Å². The lowest BCUT2D eigenvalue weighted by atomic mass is 9.80. The van der Waals surface area contributed by atoms with Crippen molar-refractivity contribution in [1.29, 1.82) is 0 Å². The third-order valence-corrected chi connectivity index (χ3v) is 3.51. The molecule has 0 radical (unpaired) electrons. The number of benzene rings is 1. The topological polar surface area (TPSA) is 78.3 Å². The number of ether oxygens (including phenoxy) is 1. The molecule has 4 nitrogen and oxygen atoms in total. The average molecular weight is 248 g/mol. The van der Waals surface area contributed by atoms with Crippen LogP contribution < -0.4 is 11.5 Å². The summed E-state index contributed by atoms with van der Waals surface area (Å²) in [6.45, 7) is 0.284. The van der Waals surface area contributed by atoms with Crippen LogP contribution >= 0.6 is 0 Å². The summed E-state index contributed by atoms with van der Waals surface area (Å²) in [7, 11) is 0. The summed E-state index contributed by atoms with van der Waals surface area (Å²) in [6.07, 6.45) is 3.37. The van der Waals surface area contributed by atoms with Crippen LogP contribution in [0.15, 0.2) is 30.3 Å². The fourth-order valence-corrected chi connectivity index (χ4v) is 2.39. The molecule has 0 amide bonds. The van der Waals surface area contributed by atoms with Gasteiger partial charge in [0.15, 0.2) is 0 Å². The van der Waals surface area contributed by atoms with Crippen molar-refractivity contribution in [3.8, 4) is 0 Å². The molecule has 1 aliphatic carbocycles. The van der Waals surface area contributed by atoms with Crippen molar-refractivity contribution in [2.75, 3.05) is 0 Å². The van der Waals surface area contributed by atoms with Gasteiger partial charge in [0.05, 0.1) is 11.6 Å². The van der Waals surface area contributed by atoms with E-state index in [2.05, 4.69) is 0 Å². The van der Waals surface area contributed by atoms with Crippen LogP contribution in [0, 0.1) is 5.92 Å². The fourth-order valence-electron chi connectivity index (χ4n) is 2.39. The normalized spacial score (nSPS) is 22.4. The van der Waals surface area contributed by atoms with E-state index >= 15 is 0 Å². The minimum Gasteiger partial charge on any atom is -0.461 e. The Morgan fingerprint density at radius 3 is 2.67 bits per heavy atom. The van der Waals surface area contributed by atoms with E-state index in [0.717, 1.165) is 24.8 Å². The first-order valence-electron chi connectivity index (χ1n) is 6.38. The largest absolute Gasteiger partial charge is 0.461 e. The average Bonchev–Trinajstić information content (AvgIpc) is 2.37. The molecule has 4 heteroatoms. The summed E-state index contributed by atoms with van der Waals surface area (Å²) in [5.41, 5.74) is 12.0. The van der Waals surface area contributed by atoms with E-state index in [0.29, 0.717) is 6.42 Å². The molecule has 18 heavy (non-hydrogen) atoms. The second-order valence-corrected chi connectivity index (χ2v) is 5.00. The Kier molecular flexibility index (Phi) is 3.99. The zero-order valence-electron chi connectivity index (χ0n) is 10.5. The van der Waals surface area contributed by atoms with Crippen molar-refractivity contribution >= 4 is 5.97 Å². The number of carbonyl (C=O) groups is 1. The molecule has 1 aliphatic rings. The predicted octanol–water partition coefficient (Wildman–Crippen LogP) is 1.53. The van der Waals surface area contributed by atoms with Crippen LogP contribution in [0.5, 0.6) is 0 Å². The molecule has 0 heterocycles. The molecule has 1 unspecified atom stereocenters. The van der Waals surface area contributed by atoms with E-state index < -0.39 is 5.66 Å². The van der Waals surface area contributed by atoms with Gasteiger partial charge >= 0.3 is 5.97 Å². The van der Waals surface area contributed by atoms with Crippen LogP contribution in [0.3, 0.4) is 0 Å². The van der Waals surface area contributed by atoms with Crippen molar-refractivity contribution in [2.24, 2.45) is 17.4 Å². The van der Waals surface area contributed by atoms with Crippen molar-refractivity contribution < 1.29 is 9.53 Å². The lowest BCUT2D eigenvalue weighted by Crippen LogP contribution is -2.59. The lowest BCUT2D eigenvalue weighted by molar-refractivity contribution is -0.153. The Bertz CT molecular complexity index is 404. The van der Waals surface area contributed by atoms with Crippen molar-refractivity contribution in [3.05, 3.63) is 35.9 Å². The van der Waals surface area contributed by atoms with Crippen molar-refractivity contribution in [1.82, 2.24) is 0 Å². The molecule has 0 spiro atoms. The Morgan fingerprint density at radius 1 is 1.28 bits per heavy atom. The van der Waals surface area contributed by atoms with Gasteiger partial charge in [-0.15, -0.1) is 0 Å². The second kappa shape index (κ2) is 5.50. The van der Waals surface area contributed by atoms with Crippen LogP contribution in [0.4, 0.5) is 0 Å². The first-order chi connectivity index (χ1) is 8.59. The smallest absolute Gasteiger partial charge is 0.312 e. The van der Waals surface area contributed by atoms with E-state index in [4.69, 9.17) is 16.2 Å². The molecule has 0 aliphatic heterocycles.